The SMILES string of the molecule is COC(=O)CC(c1c(C)nn(C)c1OC)C(C)(C)N. The minimum atomic E-state index is -0.588. The van der Waals surface area contributed by atoms with Crippen molar-refractivity contribution >= 4 is 5.97 Å². The number of carbonyl (C=O) groups is 1. The molecule has 0 radical (unpaired) electrons. The fourth-order valence-electron chi connectivity index (χ4n) is 2.28. The summed E-state index contributed by atoms with van der Waals surface area (Å²) in [5.74, 6) is 0.113. The van der Waals surface area contributed by atoms with Crippen molar-refractivity contribution < 1.29 is 14.3 Å². The highest BCUT2D eigenvalue weighted by molar-refractivity contribution is 5.71. The summed E-state index contributed by atoms with van der Waals surface area (Å²) in [4.78, 5) is 11.6. The zero-order chi connectivity index (χ0) is 14.8. The van der Waals surface area contributed by atoms with Crippen LogP contribution in [0.1, 0.15) is 37.4 Å². The Kier molecular flexibility index (Phi) is 4.57. The van der Waals surface area contributed by atoms with Gasteiger partial charge in [-0.05, 0) is 20.8 Å². The van der Waals surface area contributed by atoms with Crippen LogP contribution in [0, 0.1) is 6.92 Å². The molecule has 1 unspecified atom stereocenters. The number of ether oxygens (including phenoxy) is 2. The molecule has 1 atom stereocenters. The minimum absolute atomic E-state index is 0.197. The standard InChI is InChI=1S/C13H23N3O3/c1-8-11(12(19-6)16(4)15-8)9(13(2,3)14)7-10(17)18-5/h9H,7,14H2,1-6H3. The Hall–Kier alpha value is -1.56. The van der Waals surface area contributed by atoms with Crippen molar-refractivity contribution in [3.63, 3.8) is 0 Å². The predicted molar refractivity (Wildman–Crippen MR) is 72.1 cm³/mol. The van der Waals surface area contributed by atoms with E-state index >= 15 is 0 Å². The smallest absolute Gasteiger partial charge is 0.306 e. The maximum atomic E-state index is 11.6. The molecule has 0 aromatic carbocycles. The highest BCUT2D eigenvalue weighted by atomic mass is 16.5. The van der Waals surface area contributed by atoms with E-state index in [1.165, 1.54) is 7.11 Å². The van der Waals surface area contributed by atoms with Crippen LogP contribution in [0.5, 0.6) is 5.88 Å². The number of hydrogen-bond acceptors (Lipinski definition) is 5. The number of methoxy groups -OCH3 is 2. The Bertz CT molecular complexity index is 460. The molecule has 0 aliphatic rings. The van der Waals surface area contributed by atoms with Crippen molar-refractivity contribution in [2.24, 2.45) is 12.8 Å². The van der Waals surface area contributed by atoms with Gasteiger partial charge in [-0.15, -0.1) is 0 Å². The summed E-state index contributed by atoms with van der Waals surface area (Å²) in [7, 11) is 4.75. The number of aryl methyl sites for hydroxylation is 2. The largest absolute Gasteiger partial charge is 0.481 e. The monoisotopic (exact) mass is 269 g/mol. The molecule has 2 N–H and O–H groups in total. The fourth-order valence-corrected chi connectivity index (χ4v) is 2.28. The second-order valence-corrected chi connectivity index (χ2v) is 5.29. The van der Waals surface area contributed by atoms with Crippen LogP contribution in [0.15, 0.2) is 0 Å². The molecule has 0 amide bonds. The summed E-state index contributed by atoms with van der Waals surface area (Å²) < 4.78 is 11.8. The number of nitrogens with two attached hydrogens (primary N) is 1. The van der Waals surface area contributed by atoms with Gasteiger partial charge in [0, 0.05) is 24.1 Å². The van der Waals surface area contributed by atoms with E-state index < -0.39 is 5.54 Å². The normalized spacial score (nSPS) is 13.2. The highest BCUT2D eigenvalue weighted by Crippen LogP contribution is 2.37. The molecule has 0 bridgehead atoms. The Labute approximate surface area is 113 Å². The molecule has 1 aromatic heterocycles. The van der Waals surface area contributed by atoms with E-state index in [2.05, 4.69) is 5.10 Å². The molecule has 1 aromatic rings. The van der Waals surface area contributed by atoms with Crippen LogP contribution < -0.4 is 10.5 Å². The molecule has 0 saturated carbocycles. The van der Waals surface area contributed by atoms with Gasteiger partial charge in [-0.2, -0.15) is 5.10 Å². The van der Waals surface area contributed by atoms with Crippen LogP contribution in [0.3, 0.4) is 0 Å². The third-order valence-corrected chi connectivity index (χ3v) is 3.25. The van der Waals surface area contributed by atoms with E-state index in [1.807, 2.05) is 20.8 Å². The van der Waals surface area contributed by atoms with Crippen LogP contribution in [0.4, 0.5) is 0 Å². The maximum absolute atomic E-state index is 11.6. The van der Waals surface area contributed by atoms with Gasteiger partial charge in [0.25, 0.3) is 0 Å². The average molecular weight is 269 g/mol. The summed E-state index contributed by atoms with van der Waals surface area (Å²) in [5.41, 5.74) is 7.30. The van der Waals surface area contributed by atoms with Crippen LogP contribution in [-0.4, -0.2) is 35.5 Å². The fraction of sp³-hybridized carbons (Fsp3) is 0.692. The van der Waals surface area contributed by atoms with Crippen molar-refractivity contribution in [1.29, 1.82) is 0 Å². The molecular formula is C13H23N3O3. The van der Waals surface area contributed by atoms with Gasteiger partial charge >= 0.3 is 5.97 Å². The minimum Gasteiger partial charge on any atom is -0.481 e. The first kappa shape index (κ1) is 15.5. The van der Waals surface area contributed by atoms with E-state index in [0.717, 1.165) is 11.3 Å². The lowest BCUT2D eigenvalue weighted by molar-refractivity contribution is -0.141. The molecule has 0 spiro atoms. The van der Waals surface area contributed by atoms with E-state index in [0.29, 0.717) is 5.88 Å². The van der Waals surface area contributed by atoms with Crippen LogP contribution in [-0.2, 0) is 16.6 Å². The van der Waals surface area contributed by atoms with Crippen LogP contribution >= 0.6 is 0 Å². The lowest BCUT2D eigenvalue weighted by Crippen LogP contribution is -2.40. The van der Waals surface area contributed by atoms with Gasteiger partial charge in [0.2, 0.25) is 5.88 Å². The summed E-state index contributed by atoms with van der Waals surface area (Å²) in [5, 5.41) is 4.33. The number of esters is 1. The van der Waals surface area contributed by atoms with Gasteiger partial charge in [0.05, 0.1) is 26.3 Å². The molecular weight excluding hydrogens is 246 g/mol. The molecule has 0 aliphatic carbocycles. The first-order valence-corrected chi connectivity index (χ1v) is 6.15. The number of carbonyl (C=O) groups excluding carboxylic acids is 1. The summed E-state index contributed by atoms with van der Waals surface area (Å²) in [6.45, 7) is 5.65. The van der Waals surface area contributed by atoms with Gasteiger partial charge < -0.3 is 15.2 Å². The summed E-state index contributed by atoms with van der Waals surface area (Å²) in [6.07, 6.45) is 0.197. The lowest BCUT2D eigenvalue weighted by atomic mass is 9.80. The van der Waals surface area contributed by atoms with E-state index in [9.17, 15) is 4.79 Å². The zero-order valence-corrected chi connectivity index (χ0v) is 12.5. The van der Waals surface area contributed by atoms with Gasteiger partial charge in [0.15, 0.2) is 0 Å². The second-order valence-electron chi connectivity index (χ2n) is 5.29. The number of aromatic nitrogens is 2. The van der Waals surface area contributed by atoms with Crippen molar-refractivity contribution in [2.75, 3.05) is 14.2 Å². The number of nitrogens with zero attached hydrogens (tertiary/aromatic N) is 2. The highest BCUT2D eigenvalue weighted by Gasteiger charge is 2.35. The zero-order valence-electron chi connectivity index (χ0n) is 12.5. The van der Waals surface area contributed by atoms with Crippen molar-refractivity contribution in [2.45, 2.75) is 38.6 Å². The van der Waals surface area contributed by atoms with Crippen molar-refractivity contribution in [1.82, 2.24) is 9.78 Å². The second kappa shape index (κ2) is 5.61. The number of rotatable bonds is 5. The number of hydrogen-bond donors (Lipinski definition) is 1. The molecule has 6 nitrogen and oxygen atoms in total. The van der Waals surface area contributed by atoms with E-state index in [1.54, 1.807) is 18.8 Å². The average Bonchev–Trinajstić information content (AvgIpc) is 2.58. The molecule has 1 rings (SSSR count). The van der Waals surface area contributed by atoms with E-state index in [4.69, 9.17) is 15.2 Å². The predicted octanol–water partition coefficient (Wildman–Crippen LogP) is 1.12. The molecule has 108 valence electrons. The molecule has 1 heterocycles. The van der Waals surface area contributed by atoms with Gasteiger partial charge in [-0.3, -0.25) is 4.79 Å². The van der Waals surface area contributed by atoms with Crippen LogP contribution in [0.2, 0.25) is 0 Å². The summed E-state index contributed by atoms with van der Waals surface area (Å²) >= 11 is 0. The Morgan fingerprint density at radius 1 is 1.47 bits per heavy atom. The summed E-state index contributed by atoms with van der Waals surface area (Å²) in [6, 6.07) is 0. The topological polar surface area (TPSA) is 79.4 Å². The molecule has 0 aliphatic heterocycles. The first-order valence-electron chi connectivity index (χ1n) is 6.15. The van der Waals surface area contributed by atoms with Gasteiger partial charge in [-0.1, -0.05) is 0 Å². The maximum Gasteiger partial charge on any atom is 0.306 e. The Balaban J connectivity index is 3.29. The third kappa shape index (κ3) is 3.26. The van der Waals surface area contributed by atoms with Crippen LogP contribution in [0.25, 0.3) is 0 Å². The van der Waals surface area contributed by atoms with Crippen molar-refractivity contribution in [3.05, 3.63) is 11.3 Å². The van der Waals surface area contributed by atoms with Gasteiger partial charge in [0.1, 0.15) is 0 Å². The molecule has 19 heavy (non-hydrogen) atoms. The quantitative estimate of drug-likeness (QED) is 0.810. The molecule has 0 saturated heterocycles. The molecule has 0 fully saturated rings. The Morgan fingerprint density at radius 2 is 2.05 bits per heavy atom. The van der Waals surface area contributed by atoms with Gasteiger partial charge in [-0.25, -0.2) is 4.68 Å². The first-order chi connectivity index (χ1) is 8.72. The van der Waals surface area contributed by atoms with Crippen molar-refractivity contribution in [3.8, 4) is 5.88 Å². The Morgan fingerprint density at radius 3 is 2.47 bits per heavy atom. The third-order valence-electron chi connectivity index (χ3n) is 3.25. The lowest BCUT2D eigenvalue weighted by Gasteiger charge is -2.30. The van der Waals surface area contributed by atoms with E-state index in [-0.39, 0.29) is 18.3 Å². The molecule has 6 heteroatoms.